The van der Waals surface area contributed by atoms with Crippen LogP contribution in [-0.4, -0.2) is 9.55 Å². The molecule has 108 valence electrons. The van der Waals surface area contributed by atoms with E-state index in [4.69, 9.17) is 5.73 Å². The van der Waals surface area contributed by atoms with E-state index in [-0.39, 0.29) is 6.04 Å². The molecule has 2 N–H and O–H groups in total. The second-order valence-electron chi connectivity index (χ2n) is 4.86. The third-order valence-corrected chi connectivity index (χ3v) is 5.13. The van der Waals surface area contributed by atoms with Gasteiger partial charge in [-0.15, -0.1) is 11.3 Å². The van der Waals surface area contributed by atoms with Crippen LogP contribution in [0.5, 0.6) is 0 Å². The number of halogens is 1. The summed E-state index contributed by atoms with van der Waals surface area (Å²) in [6.07, 6.45) is 4.71. The van der Waals surface area contributed by atoms with Gasteiger partial charge in [0, 0.05) is 11.4 Å². The average Bonchev–Trinajstić information content (AvgIpc) is 3.14. The molecule has 0 saturated carbocycles. The number of hydrogen-bond acceptors (Lipinski definition) is 3. The molecule has 2 heterocycles. The summed E-state index contributed by atoms with van der Waals surface area (Å²) in [5.41, 5.74) is 8.53. The minimum atomic E-state index is -0.135. The third-order valence-electron chi connectivity index (χ3n) is 3.45. The van der Waals surface area contributed by atoms with Gasteiger partial charge in [-0.25, -0.2) is 4.98 Å². The quantitative estimate of drug-likeness (QED) is 0.746. The van der Waals surface area contributed by atoms with E-state index in [0.29, 0.717) is 0 Å². The van der Waals surface area contributed by atoms with Crippen LogP contribution in [0.4, 0.5) is 0 Å². The second-order valence-corrected chi connectivity index (χ2v) is 7.40. The lowest BCUT2D eigenvalue weighted by Crippen LogP contribution is -2.17. The van der Waals surface area contributed by atoms with Gasteiger partial charge in [0.1, 0.15) is 0 Å². The molecule has 5 heteroatoms. The molecule has 21 heavy (non-hydrogen) atoms. The van der Waals surface area contributed by atoms with E-state index >= 15 is 0 Å². The first-order chi connectivity index (χ1) is 10.2. The van der Waals surface area contributed by atoms with Crippen LogP contribution in [0.3, 0.4) is 0 Å². The lowest BCUT2D eigenvalue weighted by atomic mass is 10.1. The van der Waals surface area contributed by atoms with Gasteiger partial charge in [0.15, 0.2) is 0 Å². The van der Waals surface area contributed by atoms with Crippen molar-refractivity contribution in [3.05, 3.63) is 74.9 Å². The second kappa shape index (κ2) is 6.56. The molecule has 1 atom stereocenters. The Bertz CT molecular complexity index is 705. The van der Waals surface area contributed by atoms with Crippen molar-refractivity contribution < 1.29 is 0 Å². The van der Waals surface area contributed by atoms with Crippen molar-refractivity contribution in [2.45, 2.75) is 19.0 Å². The largest absolute Gasteiger partial charge is 0.333 e. The summed E-state index contributed by atoms with van der Waals surface area (Å²) in [4.78, 5) is 5.62. The monoisotopic (exact) mass is 361 g/mol. The fraction of sp³-hybridized carbons (Fsp3) is 0.188. The molecule has 0 bridgehead atoms. The minimum Gasteiger partial charge on any atom is -0.333 e. The predicted molar refractivity (Wildman–Crippen MR) is 90.4 cm³/mol. The molecule has 2 aromatic heterocycles. The normalized spacial score (nSPS) is 12.5. The van der Waals surface area contributed by atoms with Crippen molar-refractivity contribution in [1.29, 1.82) is 0 Å². The highest BCUT2D eigenvalue weighted by Gasteiger charge is 2.13. The molecule has 0 aliphatic rings. The highest BCUT2D eigenvalue weighted by atomic mass is 79.9. The molecule has 3 nitrogen and oxygen atoms in total. The van der Waals surface area contributed by atoms with E-state index in [1.807, 2.05) is 30.7 Å². The molecular formula is C16H16BrN3S. The molecule has 0 amide bonds. The number of nitrogens with zero attached hydrogens (tertiary/aromatic N) is 2. The molecule has 0 spiro atoms. The Hall–Kier alpha value is -1.43. The average molecular weight is 362 g/mol. The maximum absolute atomic E-state index is 6.37. The summed E-state index contributed by atoms with van der Waals surface area (Å²) in [6.45, 7) is 0.892. The first-order valence-electron chi connectivity index (χ1n) is 6.79. The lowest BCUT2D eigenvalue weighted by molar-refractivity contribution is 0.640. The van der Waals surface area contributed by atoms with Crippen LogP contribution < -0.4 is 5.73 Å². The number of aryl methyl sites for hydroxylation is 2. The van der Waals surface area contributed by atoms with Crippen molar-refractivity contribution >= 4 is 27.3 Å². The van der Waals surface area contributed by atoms with Crippen molar-refractivity contribution in [2.75, 3.05) is 0 Å². The first kappa shape index (κ1) is 14.5. The fourth-order valence-corrected chi connectivity index (χ4v) is 3.80. The van der Waals surface area contributed by atoms with Crippen LogP contribution >= 0.6 is 27.3 Å². The van der Waals surface area contributed by atoms with E-state index in [1.165, 1.54) is 8.66 Å². The SMILES string of the molecule is NC(c1ccccc1)c1cncn1CCc1ccc(Br)s1. The van der Waals surface area contributed by atoms with Crippen LogP contribution in [0.25, 0.3) is 0 Å². The van der Waals surface area contributed by atoms with Gasteiger partial charge in [0.05, 0.1) is 28.0 Å². The van der Waals surface area contributed by atoms with Crippen LogP contribution in [0, 0.1) is 0 Å². The number of thiophene rings is 1. The van der Waals surface area contributed by atoms with Gasteiger partial charge >= 0.3 is 0 Å². The summed E-state index contributed by atoms with van der Waals surface area (Å²) >= 11 is 5.27. The van der Waals surface area contributed by atoms with Crippen molar-refractivity contribution in [2.24, 2.45) is 5.73 Å². The Labute approximate surface area is 136 Å². The zero-order valence-corrected chi connectivity index (χ0v) is 13.8. The number of benzene rings is 1. The van der Waals surface area contributed by atoms with Gasteiger partial charge in [-0.05, 0) is 40.0 Å². The van der Waals surface area contributed by atoms with Crippen LogP contribution in [-0.2, 0) is 13.0 Å². The van der Waals surface area contributed by atoms with E-state index in [0.717, 1.165) is 24.2 Å². The molecule has 3 aromatic rings. The van der Waals surface area contributed by atoms with Gasteiger partial charge < -0.3 is 10.3 Å². The Kier molecular flexibility index (Phi) is 4.53. The highest BCUT2D eigenvalue weighted by Crippen LogP contribution is 2.24. The molecule has 1 aromatic carbocycles. The number of imidazole rings is 1. The molecule has 0 fully saturated rings. The summed E-state index contributed by atoms with van der Waals surface area (Å²) in [6, 6.07) is 14.2. The number of hydrogen-bond donors (Lipinski definition) is 1. The summed E-state index contributed by atoms with van der Waals surface area (Å²) < 4.78 is 3.31. The van der Waals surface area contributed by atoms with E-state index in [1.54, 1.807) is 11.3 Å². The maximum Gasteiger partial charge on any atom is 0.0948 e. The van der Waals surface area contributed by atoms with Gasteiger partial charge in [-0.1, -0.05) is 30.3 Å². The van der Waals surface area contributed by atoms with E-state index in [2.05, 4.69) is 49.7 Å². The van der Waals surface area contributed by atoms with E-state index in [9.17, 15) is 0 Å². The Morgan fingerprint density at radius 2 is 2.00 bits per heavy atom. The maximum atomic E-state index is 6.37. The lowest BCUT2D eigenvalue weighted by Gasteiger charge is -2.14. The number of nitrogens with two attached hydrogens (primary N) is 1. The number of rotatable bonds is 5. The van der Waals surface area contributed by atoms with Gasteiger partial charge in [0.2, 0.25) is 0 Å². The summed E-state index contributed by atoms with van der Waals surface area (Å²) in [5, 5.41) is 0. The van der Waals surface area contributed by atoms with Crippen molar-refractivity contribution in [1.82, 2.24) is 9.55 Å². The summed E-state index contributed by atoms with van der Waals surface area (Å²) in [7, 11) is 0. The molecule has 3 rings (SSSR count). The van der Waals surface area contributed by atoms with Crippen LogP contribution in [0.2, 0.25) is 0 Å². The number of aromatic nitrogens is 2. The molecule has 1 unspecified atom stereocenters. The predicted octanol–water partition coefficient (Wildman–Crippen LogP) is 4.00. The van der Waals surface area contributed by atoms with Crippen molar-refractivity contribution in [3.8, 4) is 0 Å². The molecular weight excluding hydrogens is 346 g/mol. The highest BCUT2D eigenvalue weighted by molar-refractivity contribution is 9.11. The zero-order chi connectivity index (χ0) is 14.7. The van der Waals surface area contributed by atoms with Crippen molar-refractivity contribution in [3.63, 3.8) is 0 Å². The molecule has 0 radical (unpaired) electrons. The third kappa shape index (κ3) is 3.43. The minimum absolute atomic E-state index is 0.135. The first-order valence-corrected chi connectivity index (χ1v) is 8.40. The van der Waals surface area contributed by atoms with Crippen LogP contribution in [0.15, 0.2) is 58.8 Å². The van der Waals surface area contributed by atoms with Crippen LogP contribution in [0.1, 0.15) is 22.2 Å². The Morgan fingerprint density at radius 1 is 1.19 bits per heavy atom. The van der Waals surface area contributed by atoms with Gasteiger partial charge in [0.25, 0.3) is 0 Å². The molecule has 0 aliphatic heterocycles. The zero-order valence-electron chi connectivity index (χ0n) is 11.4. The van der Waals surface area contributed by atoms with Gasteiger partial charge in [-0.3, -0.25) is 0 Å². The smallest absolute Gasteiger partial charge is 0.0948 e. The fourth-order valence-electron chi connectivity index (χ4n) is 2.32. The summed E-state index contributed by atoms with van der Waals surface area (Å²) in [5.74, 6) is 0. The topological polar surface area (TPSA) is 43.8 Å². The standard InChI is InChI=1S/C16H16BrN3S/c17-15-7-6-13(21-15)8-9-20-11-19-10-14(20)16(18)12-4-2-1-3-5-12/h1-7,10-11,16H,8-9,18H2. The Balaban J connectivity index is 1.74. The Morgan fingerprint density at radius 3 is 2.71 bits per heavy atom. The molecule has 0 saturated heterocycles. The van der Waals surface area contributed by atoms with E-state index < -0.39 is 0 Å². The molecule has 0 aliphatic carbocycles. The van der Waals surface area contributed by atoms with Gasteiger partial charge in [-0.2, -0.15) is 0 Å².